The van der Waals surface area contributed by atoms with E-state index >= 15 is 0 Å². The first-order valence-electron chi connectivity index (χ1n) is 13.0. The van der Waals surface area contributed by atoms with Crippen molar-refractivity contribution >= 4 is 44.5 Å². The summed E-state index contributed by atoms with van der Waals surface area (Å²) in [5.74, 6) is 2.12. The molecule has 39 heavy (non-hydrogen) atoms. The molecule has 0 aliphatic carbocycles. The Bertz CT molecular complexity index is 1420. The minimum absolute atomic E-state index is 0.00304. The van der Waals surface area contributed by atoms with Crippen LogP contribution in [0.1, 0.15) is 36.9 Å². The molecule has 2 atom stereocenters. The molecule has 2 aliphatic rings. The van der Waals surface area contributed by atoms with Crippen LogP contribution in [0.5, 0.6) is 0 Å². The lowest BCUT2D eigenvalue weighted by molar-refractivity contribution is -0.158. The fourth-order valence-electron chi connectivity index (χ4n) is 5.22. The van der Waals surface area contributed by atoms with Crippen molar-refractivity contribution in [1.29, 1.82) is 0 Å². The van der Waals surface area contributed by atoms with Crippen molar-refractivity contribution in [3.8, 4) is 12.3 Å². The number of carbonyl (C=O) groups is 3. The van der Waals surface area contributed by atoms with Crippen LogP contribution in [0.3, 0.4) is 0 Å². The molecule has 11 heteroatoms. The number of anilines is 1. The lowest BCUT2D eigenvalue weighted by Crippen LogP contribution is -2.63. The summed E-state index contributed by atoms with van der Waals surface area (Å²) in [5, 5.41) is 6.47. The molecule has 0 unspecified atom stereocenters. The second kappa shape index (κ2) is 11.3. The predicted octanol–water partition coefficient (Wildman–Crippen LogP) is 2.79. The van der Waals surface area contributed by atoms with Crippen LogP contribution in [-0.2, 0) is 16.1 Å². The van der Waals surface area contributed by atoms with Crippen LogP contribution in [0.4, 0.5) is 9.93 Å². The minimum atomic E-state index is -0.835. The number of nitrogen functional groups attached to an aromatic ring is 1. The Morgan fingerprint density at radius 1 is 1.23 bits per heavy atom. The quantitative estimate of drug-likeness (QED) is 0.332. The zero-order valence-corrected chi connectivity index (χ0v) is 22.6. The highest BCUT2D eigenvalue weighted by Gasteiger charge is 2.52. The van der Waals surface area contributed by atoms with Crippen LogP contribution < -0.4 is 11.1 Å². The number of hydrogen-bond acceptors (Lipinski definition) is 7. The summed E-state index contributed by atoms with van der Waals surface area (Å²) in [4.78, 5) is 48.5. The molecule has 10 nitrogen and oxygen atoms in total. The van der Waals surface area contributed by atoms with Crippen molar-refractivity contribution < 1.29 is 14.4 Å². The third-order valence-electron chi connectivity index (χ3n) is 7.05. The summed E-state index contributed by atoms with van der Waals surface area (Å²) in [7, 11) is 0. The highest BCUT2D eigenvalue weighted by Crippen LogP contribution is 2.37. The Morgan fingerprint density at radius 3 is 2.77 bits per heavy atom. The first-order valence-corrected chi connectivity index (χ1v) is 13.8. The fourth-order valence-corrected chi connectivity index (χ4v) is 6.01. The van der Waals surface area contributed by atoms with Crippen LogP contribution in [-0.4, -0.2) is 75.0 Å². The molecule has 4 amide bonds. The number of aromatic nitrogens is 1. The third-order valence-corrected chi connectivity index (χ3v) is 7.90. The number of rotatable bonds is 8. The van der Waals surface area contributed by atoms with E-state index in [9.17, 15) is 14.4 Å². The monoisotopic (exact) mass is 545 g/mol. The number of piperazine rings is 1. The van der Waals surface area contributed by atoms with Crippen molar-refractivity contribution in [2.45, 2.75) is 38.5 Å². The lowest BCUT2D eigenvalue weighted by Gasteiger charge is -2.46. The zero-order valence-electron chi connectivity index (χ0n) is 21.7. The average Bonchev–Trinajstić information content (AvgIpc) is 3.47. The molecule has 3 aromatic rings. The molecule has 2 saturated heterocycles. The maximum Gasteiger partial charge on any atom is 0.332 e. The lowest BCUT2D eigenvalue weighted by atomic mass is 10.00. The van der Waals surface area contributed by atoms with Gasteiger partial charge in [-0.25, -0.2) is 14.8 Å². The van der Waals surface area contributed by atoms with E-state index in [1.165, 1.54) is 16.3 Å². The number of nitrogens with two attached hydrogens (primary N) is 1. The predicted molar refractivity (Wildman–Crippen MR) is 150 cm³/mol. The zero-order chi connectivity index (χ0) is 27.5. The number of para-hydroxylation sites is 1. The number of thiazole rings is 1. The van der Waals surface area contributed by atoms with Crippen molar-refractivity contribution in [3.63, 3.8) is 0 Å². The molecule has 2 fully saturated rings. The molecule has 1 aromatic heterocycles. The molecule has 0 radical (unpaired) electrons. The average molecular weight is 546 g/mol. The largest absolute Gasteiger partial charge is 0.375 e. The second-order valence-corrected chi connectivity index (χ2v) is 10.6. The van der Waals surface area contributed by atoms with E-state index in [0.717, 1.165) is 28.6 Å². The first-order chi connectivity index (χ1) is 18.9. The highest BCUT2D eigenvalue weighted by atomic mass is 32.1. The van der Waals surface area contributed by atoms with Gasteiger partial charge in [-0.2, -0.15) is 5.01 Å². The van der Waals surface area contributed by atoms with E-state index < -0.39 is 12.2 Å². The number of carbonyl (C=O) groups excluding carboxylic acids is 3. The van der Waals surface area contributed by atoms with Gasteiger partial charge in [0.25, 0.3) is 5.91 Å². The number of urea groups is 1. The standard InChI is InChI=1S/C28H31N7O3S/c1-3-5-14-30-28(38)33(15-4-2)34-18-23(36)35-22(34)17-32(26(37)25(35)19-10-7-6-8-11-19)16-20-12-9-13-21-24(20)31-27(29)39-21/h2,6-13,22,25H,3,5,14-18H2,1H3,(H2,29,31)(H,30,38)/t22-,25+/m1/s1. The van der Waals surface area contributed by atoms with Crippen LogP contribution in [0, 0.1) is 12.3 Å². The maximum absolute atomic E-state index is 14.0. The van der Waals surface area contributed by atoms with E-state index in [1.807, 2.05) is 55.5 Å². The van der Waals surface area contributed by atoms with Crippen LogP contribution in [0.2, 0.25) is 0 Å². The Hall–Kier alpha value is -4.14. The third kappa shape index (κ3) is 5.13. The SMILES string of the molecule is C#CCN(C(=O)NCCCC)N1CC(=O)N2[C@@H](c3ccccc3)C(=O)N(Cc3cccc4sc(N)nc34)C[C@@H]21. The minimum Gasteiger partial charge on any atom is -0.375 e. The summed E-state index contributed by atoms with van der Waals surface area (Å²) in [6.45, 7) is 2.97. The van der Waals surface area contributed by atoms with Gasteiger partial charge in [-0.1, -0.05) is 73.1 Å². The van der Waals surface area contributed by atoms with Crippen LogP contribution in [0.15, 0.2) is 48.5 Å². The topological polar surface area (TPSA) is 115 Å². The van der Waals surface area contributed by atoms with Crippen molar-refractivity contribution in [2.24, 2.45) is 0 Å². The van der Waals surface area contributed by atoms with Gasteiger partial charge in [0.15, 0.2) is 5.13 Å². The van der Waals surface area contributed by atoms with E-state index in [2.05, 4.69) is 16.2 Å². The van der Waals surface area contributed by atoms with Gasteiger partial charge in [0.1, 0.15) is 12.2 Å². The Balaban J connectivity index is 1.51. The van der Waals surface area contributed by atoms with Gasteiger partial charge in [-0.05, 0) is 23.6 Å². The van der Waals surface area contributed by atoms with Crippen molar-refractivity contribution in [1.82, 2.24) is 30.1 Å². The molecule has 5 rings (SSSR count). The highest BCUT2D eigenvalue weighted by molar-refractivity contribution is 7.22. The van der Waals surface area contributed by atoms with E-state index in [1.54, 1.807) is 14.8 Å². The van der Waals surface area contributed by atoms with Gasteiger partial charge in [0.2, 0.25) is 5.91 Å². The molecule has 0 saturated carbocycles. The van der Waals surface area contributed by atoms with Gasteiger partial charge >= 0.3 is 6.03 Å². The first kappa shape index (κ1) is 26.5. The molecule has 2 aliphatic heterocycles. The number of terminal acetylenes is 1. The van der Waals surface area contributed by atoms with Crippen LogP contribution in [0.25, 0.3) is 10.2 Å². The Morgan fingerprint density at radius 2 is 2.03 bits per heavy atom. The number of unbranched alkanes of at least 4 members (excludes halogenated alkanes) is 1. The number of fused-ring (bicyclic) bond motifs is 2. The summed E-state index contributed by atoms with van der Waals surface area (Å²) in [6, 6.07) is 13.9. The number of hydrazine groups is 1. The smallest absolute Gasteiger partial charge is 0.332 e. The van der Waals surface area contributed by atoms with Gasteiger partial charge < -0.3 is 20.9 Å². The number of benzene rings is 2. The number of nitrogens with one attached hydrogen (secondary N) is 1. The van der Waals surface area contributed by atoms with Crippen molar-refractivity contribution in [3.05, 3.63) is 59.7 Å². The molecule has 3 heterocycles. The molecule has 2 aromatic carbocycles. The summed E-state index contributed by atoms with van der Waals surface area (Å²) < 4.78 is 0.942. The van der Waals surface area contributed by atoms with Gasteiger partial charge in [-0.15, -0.1) is 6.42 Å². The molecule has 0 spiro atoms. The van der Waals surface area contributed by atoms with E-state index in [0.29, 0.717) is 17.2 Å². The molecular weight excluding hydrogens is 514 g/mol. The number of amides is 4. The molecule has 202 valence electrons. The van der Waals surface area contributed by atoms with Gasteiger partial charge in [-0.3, -0.25) is 9.59 Å². The Labute approximate surface area is 231 Å². The van der Waals surface area contributed by atoms with Crippen LogP contribution >= 0.6 is 11.3 Å². The fraction of sp³-hybridized carbons (Fsp3) is 0.357. The molecule has 3 N–H and O–H groups in total. The van der Waals surface area contributed by atoms with E-state index in [-0.39, 0.29) is 44.0 Å². The Kier molecular flexibility index (Phi) is 7.67. The van der Waals surface area contributed by atoms with Crippen molar-refractivity contribution in [2.75, 3.05) is 31.9 Å². The second-order valence-electron chi connectivity index (χ2n) is 9.57. The van der Waals surface area contributed by atoms with E-state index in [4.69, 9.17) is 12.2 Å². The van der Waals surface area contributed by atoms with Gasteiger partial charge in [0.05, 0.1) is 29.9 Å². The summed E-state index contributed by atoms with van der Waals surface area (Å²) in [5.41, 5.74) is 8.30. The molecular formula is C28H31N7O3S. The normalized spacial score (nSPS) is 19.3. The molecule has 0 bridgehead atoms. The number of nitrogens with zero attached hydrogens (tertiary/aromatic N) is 5. The van der Waals surface area contributed by atoms with Gasteiger partial charge in [0, 0.05) is 13.1 Å². The summed E-state index contributed by atoms with van der Waals surface area (Å²) in [6.07, 6.45) is 6.82. The number of hydrogen-bond donors (Lipinski definition) is 2. The maximum atomic E-state index is 14.0. The summed E-state index contributed by atoms with van der Waals surface area (Å²) >= 11 is 1.40.